The smallest absolute Gasteiger partial charge is 0.122 e. The van der Waals surface area contributed by atoms with E-state index in [9.17, 15) is 0 Å². The third kappa shape index (κ3) is 3.60. The van der Waals surface area contributed by atoms with Gasteiger partial charge in [-0.1, -0.05) is 18.5 Å². The van der Waals surface area contributed by atoms with Crippen molar-refractivity contribution in [3.05, 3.63) is 28.3 Å². The molecule has 0 fully saturated rings. The second-order valence-corrected chi connectivity index (χ2v) is 4.91. The van der Waals surface area contributed by atoms with Gasteiger partial charge in [0.05, 0.1) is 6.61 Å². The molecule has 0 radical (unpaired) electrons. The van der Waals surface area contributed by atoms with Gasteiger partial charge in [0.25, 0.3) is 0 Å². The first-order chi connectivity index (χ1) is 7.58. The highest BCUT2D eigenvalue weighted by Crippen LogP contribution is 2.28. The highest BCUT2D eigenvalue weighted by Gasteiger charge is 2.10. The van der Waals surface area contributed by atoms with Crippen LogP contribution >= 0.6 is 24.2 Å². The van der Waals surface area contributed by atoms with Crippen LogP contribution in [0.25, 0.3) is 0 Å². The average Bonchev–Trinajstić information content (AvgIpc) is 2.25. The van der Waals surface area contributed by atoms with E-state index < -0.39 is 0 Å². The van der Waals surface area contributed by atoms with Crippen LogP contribution in [0.5, 0.6) is 5.75 Å². The van der Waals surface area contributed by atoms with Gasteiger partial charge in [-0.15, -0.1) is 0 Å². The van der Waals surface area contributed by atoms with Crippen molar-refractivity contribution in [3.8, 4) is 5.75 Å². The summed E-state index contributed by atoms with van der Waals surface area (Å²) in [5.74, 6) is 2.36. The molecule has 1 rings (SSSR count). The molecule has 1 unspecified atom stereocenters. The van der Waals surface area contributed by atoms with Crippen LogP contribution in [-0.2, 0) is 6.42 Å². The lowest BCUT2D eigenvalue weighted by Crippen LogP contribution is -2.04. The van der Waals surface area contributed by atoms with E-state index in [2.05, 4.69) is 19.6 Å². The molecule has 0 aliphatic carbocycles. The minimum Gasteiger partial charge on any atom is -0.494 e. The molecule has 0 aliphatic heterocycles. The van der Waals surface area contributed by atoms with Crippen molar-refractivity contribution < 1.29 is 4.74 Å². The summed E-state index contributed by atoms with van der Waals surface area (Å²) in [7, 11) is 0. The van der Waals surface area contributed by atoms with Crippen molar-refractivity contribution in [2.24, 2.45) is 5.92 Å². The third-order valence-corrected chi connectivity index (χ3v) is 3.55. The van der Waals surface area contributed by atoms with Gasteiger partial charge in [-0.25, -0.2) is 0 Å². The first-order valence-electron chi connectivity index (χ1n) is 5.61. The molecule has 0 bridgehead atoms. The Morgan fingerprint density at radius 1 is 1.44 bits per heavy atom. The monoisotopic (exact) mass is 258 g/mol. The fraction of sp³-hybridized carbons (Fsp3) is 0.538. The van der Waals surface area contributed by atoms with Crippen molar-refractivity contribution >= 4 is 24.2 Å². The van der Waals surface area contributed by atoms with Gasteiger partial charge < -0.3 is 4.74 Å². The predicted molar refractivity (Wildman–Crippen MR) is 74.1 cm³/mol. The van der Waals surface area contributed by atoms with Gasteiger partial charge >= 0.3 is 0 Å². The molecule has 0 saturated carbocycles. The number of aryl methyl sites for hydroxylation is 1. The maximum absolute atomic E-state index is 6.14. The summed E-state index contributed by atoms with van der Waals surface area (Å²) < 4.78 is 5.63. The van der Waals surface area contributed by atoms with Crippen LogP contribution in [0.4, 0.5) is 0 Å². The summed E-state index contributed by atoms with van der Waals surface area (Å²) in [4.78, 5) is 0. The molecule has 1 nitrogen and oxygen atoms in total. The number of hydrogen-bond acceptors (Lipinski definition) is 2. The quantitative estimate of drug-likeness (QED) is 0.781. The molecule has 1 atom stereocenters. The van der Waals surface area contributed by atoms with E-state index in [1.54, 1.807) is 0 Å². The lowest BCUT2D eigenvalue weighted by molar-refractivity contribution is 0.335. The lowest BCUT2D eigenvalue weighted by atomic mass is 10.0. The van der Waals surface area contributed by atoms with Gasteiger partial charge in [0, 0.05) is 5.02 Å². The van der Waals surface area contributed by atoms with Crippen LogP contribution in [0.1, 0.15) is 25.0 Å². The number of hydrogen-bond donors (Lipinski definition) is 1. The van der Waals surface area contributed by atoms with Gasteiger partial charge in [-0.2, -0.15) is 12.6 Å². The molecule has 1 aromatic carbocycles. The van der Waals surface area contributed by atoms with Crippen molar-refractivity contribution in [3.63, 3.8) is 0 Å². The maximum Gasteiger partial charge on any atom is 0.122 e. The molecule has 0 amide bonds. The van der Waals surface area contributed by atoms with Crippen LogP contribution in [0, 0.1) is 12.8 Å². The van der Waals surface area contributed by atoms with Gasteiger partial charge in [0.1, 0.15) is 5.75 Å². The molecule has 1 aromatic rings. The van der Waals surface area contributed by atoms with Gasteiger partial charge in [-0.3, -0.25) is 0 Å². The first kappa shape index (κ1) is 13.7. The minimum absolute atomic E-state index is 0.529. The normalized spacial score (nSPS) is 12.6. The highest BCUT2D eigenvalue weighted by molar-refractivity contribution is 7.80. The van der Waals surface area contributed by atoms with Crippen LogP contribution in [-0.4, -0.2) is 12.4 Å². The van der Waals surface area contributed by atoms with Crippen molar-refractivity contribution in [2.75, 3.05) is 12.4 Å². The molecule has 0 saturated heterocycles. The molecule has 0 heterocycles. The first-order valence-corrected chi connectivity index (χ1v) is 6.62. The largest absolute Gasteiger partial charge is 0.494 e. The molecular weight excluding hydrogens is 240 g/mol. The van der Waals surface area contributed by atoms with Crippen LogP contribution in [0.2, 0.25) is 5.02 Å². The van der Waals surface area contributed by atoms with E-state index in [1.807, 2.05) is 26.0 Å². The van der Waals surface area contributed by atoms with Gasteiger partial charge in [0.15, 0.2) is 0 Å². The van der Waals surface area contributed by atoms with E-state index in [0.29, 0.717) is 12.5 Å². The zero-order chi connectivity index (χ0) is 12.1. The minimum atomic E-state index is 0.529. The number of thiol groups is 1. The zero-order valence-corrected chi connectivity index (χ0v) is 11.7. The molecule has 16 heavy (non-hydrogen) atoms. The van der Waals surface area contributed by atoms with Gasteiger partial charge in [-0.05, 0) is 55.2 Å². The summed E-state index contributed by atoms with van der Waals surface area (Å²) in [5.41, 5.74) is 2.24. The summed E-state index contributed by atoms with van der Waals surface area (Å²) in [6.45, 7) is 6.85. The summed E-state index contributed by atoms with van der Waals surface area (Å²) in [6, 6.07) is 4.04. The van der Waals surface area contributed by atoms with Crippen molar-refractivity contribution in [1.29, 1.82) is 0 Å². The standard InChI is InChI=1S/C13H19ClOS/c1-4-15-13-6-10(3)12(14)7-11(13)5-9(2)8-16/h6-7,9,16H,4-5,8H2,1-3H3. The van der Waals surface area contributed by atoms with Crippen LogP contribution in [0.15, 0.2) is 12.1 Å². The van der Waals surface area contributed by atoms with E-state index >= 15 is 0 Å². The SMILES string of the molecule is CCOc1cc(C)c(Cl)cc1CC(C)CS. The third-order valence-electron chi connectivity index (χ3n) is 2.52. The fourth-order valence-corrected chi connectivity index (χ4v) is 1.90. The molecule has 0 aromatic heterocycles. The molecule has 3 heteroatoms. The number of halogens is 1. The van der Waals surface area contributed by atoms with Crippen molar-refractivity contribution in [1.82, 2.24) is 0 Å². The zero-order valence-electron chi connectivity index (χ0n) is 10.1. The van der Waals surface area contributed by atoms with E-state index in [0.717, 1.165) is 28.5 Å². The Balaban J connectivity index is 2.99. The Morgan fingerprint density at radius 3 is 2.69 bits per heavy atom. The molecule has 0 N–H and O–H groups in total. The average molecular weight is 259 g/mol. The highest BCUT2D eigenvalue weighted by atomic mass is 35.5. The Kier molecular flexibility index (Phi) is 5.50. The van der Waals surface area contributed by atoms with E-state index in [4.69, 9.17) is 16.3 Å². The van der Waals surface area contributed by atoms with E-state index in [1.165, 1.54) is 5.56 Å². The summed E-state index contributed by atoms with van der Waals surface area (Å²) in [6.07, 6.45) is 0.957. The number of rotatable bonds is 5. The Hall–Kier alpha value is -0.340. The summed E-state index contributed by atoms with van der Waals surface area (Å²) in [5, 5.41) is 0.810. The lowest BCUT2D eigenvalue weighted by Gasteiger charge is -2.15. The second kappa shape index (κ2) is 6.41. The molecule has 0 spiro atoms. The van der Waals surface area contributed by atoms with Crippen LogP contribution < -0.4 is 4.74 Å². The van der Waals surface area contributed by atoms with Crippen LogP contribution in [0.3, 0.4) is 0 Å². The Bertz CT molecular complexity index is 352. The molecular formula is C13H19ClOS. The van der Waals surface area contributed by atoms with Crippen molar-refractivity contribution in [2.45, 2.75) is 27.2 Å². The van der Waals surface area contributed by atoms with Gasteiger partial charge in [0.2, 0.25) is 0 Å². The maximum atomic E-state index is 6.14. The van der Waals surface area contributed by atoms with E-state index in [-0.39, 0.29) is 0 Å². The predicted octanol–water partition coefficient (Wildman–Crippen LogP) is 4.16. The topological polar surface area (TPSA) is 9.23 Å². The molecule has 90 valence electrons. The Morgan fingerprint density at radius 2 is 2.12 bits per heavy atom. The molecule has 0 aliphatic rings. The fourth-order valence-electron chi connectivity index (χ4n) is 1.59. The second-order valence-electron chi connectivity index (χ2n) is 4.13. The number of benzene rings is 1. The summed E-state index contributed by atoms with van der Waals surface area (Å²) >= 11 is 10.4. The number of ether oxygens (including phenoxy) is 1. The Labute approximate surface area is 109 Å².